The minimum Gasteiger partial charge on any atom is -0.352 e. The molecular weight excluding hydrogens is 386 g/mol. The normalized spacial score (nSPS) is 13.7. The standard InChI is InChI=1S/C20H17N7O3/c21-14-15-3-2-7-22-19(15)24-9-11-25(12-10-24)20(28)18-6-8-26(23-18)16-4-1-5-17(13-16)27(29)30/h1-8,13H,9-12H2. The molecule has 3 aromatic rings. The highest BCUT2D eigenvalue weighted by atomic mass is 16.6. The van der Waals surface area contributed by atoms with Crippen LogP contribution in [0.1, 0.15) is 16.1 Å². The van der Waals surface area contributed by atoms with E-state index in [1.54, 1.807) is 47.6 Å². The number of nitrogens with zero attached hydrogens (tertiary/aromatic N) is 7. The van der Waals surface area contributed by atoms with Gasteiger partial charge in [-0.2, -0.15) is 10.4 Å². The maximum absolute atomic E-state index is 12.8. The molecule has 150 valence electrons. The zero-order valence-electron chi connectivity index (χ0n) is 15.9. The Morgan fingerprint density at radius 1 is 1.13 bits per heavy atom. The topological polar surface area (TPSA) is 121 Å². The molecule has 0 N–H and O–H groups in total. The second-order valence-electron chi connectivity index (χ2n) is 6.69. The third-order valence-corrected chi connectivity index (χ3v) is 4.89. The molecule has 0 radical (unpaired) electrons. The van der Waals surface area contributed by atoms with Crippen LogP contribution in [-0.2, 0) is 0 Å². The number of carbonyl (C=O) groups is 1. The van der Waals surface area contributed by atoms with Gasteiger partial charge in [0, 0.05) is 50.7 Å². The summed E-state index contributed by atoms with van der Waals surface area (Å²) >= 11 is 0. The Labute approximate surface area is 171 Å². The number of non-ortho nitro benzene ring substituents is 1. The van der Waals surface area contributed by atoms with Crippen LogP contribution in [0.15, 0.2) is 54.9 Å². The van der Waals surface area contributed by atoms with E-state index in [1.807, 2.05) is 4.90 Å². The predicted octanol–water partition coefficient (Wildman–Crippen LogP) is 2.01. The molecule has 3 heterocycles. The minimum absolute atomic E-state index is 0.0433. The number of nitriles is 1. The van der Waals surface area contributed by atoms with Crippen LogP contribution in [-0.4, -0.2) is 56.7 Å². The Hall–Kier alpha value is -4.26. The Kier molecular flexibility index (Phi) is 5.09. The van der Waals surface area contributed by atoms with Crippen LogP contribution in [0.5, 0.6) is 0 Å². The zero-order valence-corrected chi connectivity index (χ0v) is 15.9. The predicted molar refractivity (Wildman–Crippen MR) is 107 cm³/mol. The van der Waals surface area contributed by atoms with Crippen molar-refractivity contribution < 1.29 is 9.72 Å². The van der Waals surface area contributed by atoms with Crippen LogP contribution in [0.4, 0.5) is 11.5 Å². The number of hydrogen-bond donors (Lipinski definition) is 0. The van der Waals surface area contributed by atoms with E-state index in [1.165, 1.54) is 16.8 Å². The van der Waals surface area contributed by atoms with Crippen molar-refractivity contribution in [3.63, 3.8) is 0 Å². The molecular formula is C20H17N7O3. The maximum atomic E-state index is 12.8. The zero-order chi connectivity index (χ0) is 21.1. The number of aromatic nitrogens is 3. The molecule has 1 amide bonds. The van der Waals surface area contributed by atoms with E-state index in [4.69, 9.17) is 0 Å². The molecule has 4 rings (SSSR count). The summed E-state index contributed by atoms with van der Waals surface area (Å²) in [4.78, 5) is 31.3. The van der Waals surface area contributed by atoms with Gasteiger partial charge in [-0.15, -0.1) is 0 Å². The SMILES string of the molecule is N#Cc1cccnc1N1CCN(C(=O)c2ccn(-c3cccc([N+](=O)[O-])c3)n2)CC1. The summed E-state index contributed by atoms with van der Waals surface area (Å²) in [5, 5.41) is 24.5. The van der Waals surface area contributed by atoms with Gasteiger partial charge in [0.15, 0.2) is 5.69 Å². The van der Waals surface area contributed by atoms with Gasteiger partial charge < -0.3 is 9.80 Å². The molecule has 0 atom stereocenters. The highest BCUT2D eigenvalue weighted by molar-refractivity contribution is 5.92. The van der Waals surface area contributed by atoms with Crippen molar-refractivity contribution in [2.45, 2.75) is 0 Å². The van der Waals surface area contributed by atoms with Crippen molar-refractivity contribution in [2.75, 3.05) is 31.1 Å². The lowest BCUT2D eigenvalue weighted by molar-refractivity contribution is -0.384. The third-order valence-electron chi connectivity index (χ3n) is 4.89. The maximum Gasteiger partial charge on any atom is 0.274 e. The second kappa shape index (κ2) is 8.00. The fraction of sp³-hybridized carbons (Fsp3) is 0.200. The fourth-order valence-electron chi connectivity index (χ4n) is 3.35. The number of nitro benzene ring substituents is 1. The van der Waals surface area contributed by atoms with E-state index in [-0.39, 0.29) is 17.3 Å². The van der Waals surface area contributed by atoms with Crippen molar-refractivity contribution in [1.29, 1.82) is 5.26 Å². The monoisotopic (exact) mass is 403 g/mol. The number of amides is 1. The van der Waals surface area contributed by atoms with Crippen molar-refractivity contribution >= 4 is 17.4 Å². The molecule has 0 unspecified atom stereocenters. The first-order valence-electron chi connectivity index (χ1n) is 9.26. The number of carbonyl (C=O) groups excluding carboxylic acids is 1. The fourth-order valence-corrected chi connectivity index (χ4v) is 3.35. The molecule has 10 nitrogen and oxygen atoms in total. The third kappa shape index (κ3) is 3.68. The first-order chi connectivity index (χ1) is 14.6. The summed E-state index contributed by atoms with van der Waals surface area (Å²) in [6, 6.07) is 13.2. The first kappa shape index (κ1) is 19.1. The van der Waals surface area contributed by atoms with Crippen LogP contribution in [0.25, 0.3) is 5.69 Å². The molecule has 10 heteroatoms. The molecule has 1 saturated heterocycles. The molecule has 30 heavy (non-hydrogen) atoms. The van der Waals surface area contributed by atoms with E-state index in [9.17, 15) is 20.2 Å². The van der Waals surface area contributed by atoms with Crippen LogP contribution >= 0.6 is 0 Å². The molecule has 0 spiro atoms. The van der Waals surface area contributed by atoms with E-state index in [0.717, 1.165) is 0 Å². The van der Waals surface area contributed by atoms with Crippen LogP contribution in [0, 0.1) is 21.4 Å². The lowest BCUT2D eigenvalue weighted by Crippen LogP contribution is -2.49. The van der Waals surface area contributed by atoms with Crippen molar-refractivity contribution in [3.8, 4) is 11.8 Å². The van der Waals surface area contributed by atoms with E-state index in [2.05, 4.69) is 16.2 Å². The average Bonchev–Trinajstić information content (AvgIpc) is 3.29. The van der Waals surface area contributed by atoms with Crippen LogP contribution in [0.3, 0.4) is 0 Å². The second-order valence-corrected chi connectivity index (χ2v) is 6.69. The molecule has 0 saturated carbocycles. The lowest BCUT2D eigenvalue weighted by Gasteiger charge is -2.35. The molecule has 2 aromatic heterocycles. The molecule has 1 aliphatic heterocycles. The Morgan fingerprint density at radius 2 is 1.93 bits per heavy atom. The Bertz CT molecular complexity index is 1140. The Balaban J connectivity index is 1.45. The summed E-state index contributed by atoms with van der Waals surface area (Å²) in [5.74, 6) is 0.419. The smallest absolute Gasteiger partial charge is 0.274 e. The lowest BCUT2D eigenvalue weighted by atomic mass is 10.2. The van der Waals surface area contributed by atoms with Gasteiger partial charge in [0.2, 0.25) is 0 Å². The number of hydrogen-bond acceptors (Lipinski definition) is 7. The van der Waals surface area contributed by atoms with Gasteiger partial charge in [-0.1, -0.05) is 6.07 Å². The molecule has 0 bridgehead atoms. The van der Waals surface area contributed by atoms with Gasteiger partial charge in [-0.05, 0) is 24.3 Å². The quantitative estimate of drug-likeness (QED) is 0.482. The largest absolute Gasteiger partial charge is 0.352 e. The molecule has 0 aliphatic carbocycles. The summed E-state index contributed by atoms with van der Waals surface area (Å²) in [5.41, 5.74) is 1.24. The van der Waals surface area contributed by atoms with E-state index in [0.29, 0.717) is 43.2 Å². The number of pyridine rings is 1. The summed E-state index contributed by atoms with van der Waals surface area (Å²) in [7, 11) is 0. The van der Waals surface area contributed by atoms with Gasteiger partial charge in [0.25, 0.3) is 11.6 Å². The Morgan fingerprint density at radius 3 is 2.67 bits per heavy atom. The van der Waals surface area contributed by atoms with Crippen molar-refractivity contribution in [2.24, 2.45) is 0 Å². The highest BCUT2D eigenvalue weighted by Gasteiger charge is 2.25. The van der Waals surface area contributed by atoms with E-state index < -0.39 is 4.92 Å². The number of rotatable bonds is 4. The highest BCUT2D eigenvalue weighted by Crippen LogP contribution is 2.20. The molecule has 1 aromatic carbocycles. The number of piperazine rings is 1. The van der Waals surface area contributed by atoms with Gasteiger partial charge in [0.05, 0.1) is 16.2 Å². The number of benzene rings is 1. The van der Waals surface area contributed by atoms with Crippen LogP contribution < -0.4 is 4.90 Å². The summed E-state index contributed by atoms with van der Waals surface area (Å²) in [6.07, 6.45) is 3.25. The summed E-state index contributed by atoms with van der Waals surface area (Å²) in [6.45, 7) is 2.07. The summed E-state index contributed by atoms with van der Waals surface area (Å²) < 4.78 is 1.45. The van der Waals surface area contributed by atoms with Crippen molar-refractivity contribution in [3.05, 3.63) is 76.2 Å². The average molecular weight is 403 g/mol. The van der Waals surface area contributed by atoms with Gasteiger partial charge in [0.1, 0.15) is 11.9 Å². The molecule has 1 aliphatic rings. The number of nitro groups is 1. The van der Waals surface area contributed by atoms with Gasteiger partial charge in [-0.25, -0.2) is 9.67 Å². The first-order valence-corrected chi connectivity index (χ1v) is 9.26. The molecule has 1 fully saturated rings. The minimum atomic E-state index is -0.474. The van der Waals surface area contributed by atoms with E-state index >= 15 is 0 Å². The van der Waals surface area contributed by atoms with Crippen molar-refractivity contribution in [1.82, 2.24) is 19.7 Å². The van der Waals surface area contributed by atoms with Gasteiger partial charge in [-0.3, -0.25) is 14.9 Å². The van der Waals surface area contributed by atoms with Crippen LogP contribution in [0.2, 0.25) is 0 Å². The van der Waals surface area contributed by atoms with Gasteiger partial charge >= 0.3 is 0 Å². The number of anilines is 1.